The van der Waals surface area contributed by atoms with E-state index in [0.717, 1.165) is 13.2 Å². The Morgan fingerprint density at radius 3 is 2.22 bits per heavy atom. The van der Waals surface area contributed by atoms with Gasteiger partial charge in [-0.05, 0) is 18.6 Å². The number of ether oxygens (including phenoxy) is 1. The number of methoxy groups -OCH3 is 1. The van der Waals surface area contributed by atoms with E-state index in [4.69, 9.17) is 0 Å². The third-order valence-electron chi connectivity index (χ3n) is 2.76. The number of benzene rings is 1. The van der Waals surface area contributed by atoms with Gasteiger partial charge in [-0.2, -0.15) is 0 Å². The molecular weight excluding hydrogens is 240 g/mol. The fourth-order valence-electron chi connectivity index (χ4n) is 1.87. The molecule has 2 rings (SSSR count). The van der Waals surface area contributed by atoms with Crippen molar-refractivity contribution in [1.29, 1.82) is 0 Å². The Kier molecular flexibility index (Phi) is 2.50. The minimum atomic E-state index is -0.960. The number of carbonyl (C=O) groups excluding carboxylic acids is 2. The van der Waals surface area contributed by atoms with Crippen molar-refractivity contribution >= 4 is 11.6 Å². The lowest BCUT2D eigenvalue weighted by Gasteiger charge is -2.19. The summed E-state index contributed by atoms with van der Waals surface area (Å²) in [6.45, 7) is 1.46. The molecule has 0 saturated heterocycles. The van der Waals surface area contributed by atoms with Crippen molar-refractivity contribution in [2.45, 2.75) is 6.92 Å². The first kappa shape index (κ1) is 12.0. The Labute approximate surface area is 102 Å². The molecule has 0 heterocycles. The third kappa shape index (κ3) is 1.35. The molecule has 1 aromatic rings. The molecule has 1 aliphatic rings. The lowest BCUT2D eigenvalue weighted by Crippen LogP contribution is -2.23. The smallest absolute Gasteiger partial charge is 0.236 e. The molecule has 94 valence electrons. The Hall–Kier alpha value is -2.50. The number of phenolic OH excluding ortho intramolecular Hbond substituents is 2. The van der Waals surface area contributed by atoms with Gasteiger partial charge in [-0.25, -0.2) is 0 Å². The summed E-state index contributed by atoms with van der Waals surface area (Å²) < 4.78 is 4.63. The molecule has 0 bridgehead atoms. The maximum Gasteiger partial charge on any atom is 0.236 e. The van der Waals surface area contributed by atoms with Crippen LogP contribution in [-0.2, 0) is 4.74 Å². The molecule has 18 heavy (non-hydrogen) atoms. The van der Waals surface area contributed by atoms with E-state index in [1.54, 1.807) is 0 Å². The molecule has 6 nitrogen and oxygen atoms in total. The summed E-state index contributed by atoms with van der Waals surface area (Å²) in [5, 5.41) is 29.0. The first-order valence-corrected chi connectivity index (χ1v) is 5.02. The second kappa shape index (κ2) is 3.76. The number of hydrogen-bond donors (Lipinski definition) is 3. The quantitative estimate of drug-likeness (QED) is 0.647. The highest BCUT2D eigenvalue weighted by atomic mass is 16.5. The highest BCUT2D eigenvalue weighted by Crippen LogP contribution is 2.38. The predicted octanol–water partition coefficient (Wildman–Crippen LogP) is 1.20. The molecule has 6 heteroatoms. The number of Topliss-reactive ketones (excluding diaryl/α,β-unsaturated/α-hetero) is 2. The van der Waals surface area contributed by atoms with Crippen LogP contribution in [0.25, 0.3) is 0 Å². The van der Waals surface area contributed by atoms with Gasteiger partial charge in [0.05, 0.1) is 18.2 Å². The second-order valence-corrected chi connectivity index (χ2v) is 3.85. The first-order chi connectivity index (χ1) is 8.40. The van der Waals surface area contributed by atoms with Crippen molar-refractivity contribution in [3.63, 3.8) is 0 Å². The van der Waals surface area contributed by atoms with Crippen LogP contribution in [0.1, 0.15) is 26.3 Å². The van der Waals surface area contributed by atoms with Gasteiger partial charge in [0.15, 0.2) is 0 Å². The number of aliphatic hydroxyl groups excluding tert-OH is 1. The number of phenols is 2. The van der Waals surface area contributed by atoms with Crippen molar-refractivity contribution in [2.75, 3.05) is 7.11 Å². The second-order valence-electron chi connectivity index (χ2n) is 3.85. The molecular formula is C12H10O6. The minimum absolute atomic E-state index is 0.223. The molecule has 0 fully saturated rings. The number of allylic oxidation sites excluding steroid dienone is 2. The summed E-state index contributed by atoms with van der Waals surface area (Å²) in [4.78, 5) is 23.8. The fourth-order valence-corrected chi connectivity index (χ4v) is 1.87. The van der Waals surface area contributed by atoms with Crippen molar-refractivity contribution in [2.24, 2.45) is 0 Å². The van der Waals surface area contributed by atoms with Crippen LogP contribution in [0.5, 0.6) is 11.5 Å². The molecule has 1 aromatic carbocycles. The lowest BCUT2D eigenvalue weighted by molar-refractivity contribution is 0.0850. The van der Waals surface area contributed by atoms with E-state index in [1.165, 1.54) is 6.92 Å². The summed E-state index contributed by atoms with van der Waals surface area (Å²) in [5.74, 6) is -4.12. The zero-order chi connectivity index (χ0) is 13.6. The predicted molar refractivity (Wildman–Crippen MR) is 59.8 cm³/mol. The van der Waals surface area contributed by atoms with E-state index in [1.807, 2.05) is 0 Å². The summed E-state index contributed by atoms with van der Waals surface area (Å²) >= 11 is 0. The van der Waals surface area contributed by atoms with Crippen molar-refractivity contribution in [1.82, 2.24) is 0 Å². The highest BCUT2D eigenvalue weighted by Gasteiger charge is 2.38. The Bertz CT molecular complexity index is 611. The Morgan fingerprint density at radius 2 is 1.67 bits per heavy atom. The van der Waals surface area contributed by atoms with Crippen LogP contribution in [0.15, 0.2) is 17.6 Å². The van der Waals surface area contributed by atoms with Gasteiger partial charge < -0.3 is 20.1 Å². The molecule has 0 spiro atoms. The zero-order valence-electron chi connectivity index (χ0n) is 9.64. The van der Waals surface area contributed by atoms with Crippen LogP contribution in [0.3, 0.4) is 0 Å². The third-order valence-corrected chi connectivity index (χ3v) is 2.76. The van der Waals surface area contributed by atoms with Crippen LogP contribution >= 0.6 is 0 Å². The molecule has 0 amide bonds. The van der Waals surface area contributed by atoms with Crippen LogP contribution in [0, 0.1) is 6.92 Å². The minimum Gasteiger partial charge on any atom is -0.507 e. The average Bonchev–Trinajstić information content (AvgIpc) is 2.31. The van der Waals surface area contributed by atoms with Gasteiger partial charge in [-0.1, -0.05) is 0 Å². The van der Waals surface area contributed by atoms with Gasteiger partial charge >= 0.3 is 0 Å². The molecule has 0 aromatic heterocycles. The van der Waals surface area contributed by atoms with E-state index < -0.39 is 40.1 Å². The molecule has 0 aliphatic heterocycles. The SMILES string of the molecule is COC1=C(O)C(=O)c2c(O)c(C)cc(O)c2C1=O. The van der Waals surface area contributed by atoms with Gasteiger partial charge in [0, 0.05) is 0 Å². The molecule has 0 saturated carbocycles. The van der Waals surface area contributed by atoms with E-state index in [0.29, 0.717) is 0 Å². The number of aliphatic hydroxyl groups is 1. The largest absolute Gasteiger partial charge is 0.507 e. The number of rotatable bonds is 1. The number of carbonyl (C=O) groups is 2. The Balaban J connectivity index is 2.86. The van der Waals surface area contributed by atoms with Crippen LogP contribution < -0.4 is 0 Å². The number of fused-ring (bicyclic) bond motifs is 1. The standard InChI is InChI=1S/C12H10O6/c1-4-3-5(13)6-7(8(4)14)9(15)11(17)12(18-2)10(6)16/h3,13-14,17H,1-2H3. The topological polar surface area (TPSA) is 104 Å². The number of aryl methyl sites for hydroxylation is 1. The van der Waals surface area contributed by atoms with Crippen molar-refractivity contribution < 1.29 is 29.6 Å². The van der Waals surface area contributed by atoms with E-state index in [-0.39, 0.29) is 11.1 Å². The van der Waals surface area contributed by atoms with Crippen molar-refractivity contribution in [3.8, 4) is 11.5 Å². The maximum atomic E-state index is 11.9. The van der Waals surface area contributed by atoms with Crippen LogP contribution in [0.2, 0.25) is 0 Å². The number of aromatic hydroxyl groups is 2. The summed E-state index contributed by atoms with van der Waals surface area (Å²) in [6.07, 6.45) is 0. The average molecular weight is 250 g/mol. The molecule has 3 N–H and O–H groups in total. The maximum absolute atomic E-state index is 11.9. The fraction of sp³-hybridized carbons (Fsp3) is 0.167. The van der Waals surface area contributed by atoms with Gasteiger partial charge in [0.2, 0.25) is 23.1 Å². The molecule has 0 unspecified atom stereocenters. The normalized spacial score (nSPS) is 14.8. The zero-order valence-corrected chi connectivity index (χ0v) is 9.64. The van der Waals surface area contributed by atoms with Crippen molar-refractivity contribution in [3.05, 3.63) is 34.3 Å². The number of hydrogen-bond acceptors (Lipinski definition) is 6. The first-order valence-electron chi connectivity index (χ1n) is 5.02. The number of ketones is 2. The summed E-state index contributed by atoms with van der Waals surface area (Å²) in [6, 6.07) is 1.16. The summed E-state index contributed by atoms with van der Waals surface area (Å²) in [5.41, 5.74) is -0.547. The lowest BCUT2D eigenvalue weighted by atomic mass is 9.89. The monoisotopic (exact) mass is 250 g/mol. The van der Waals surface area contributed by atoms with E-state index in [9.17, 15) is 24.9 Å². The Morgan fingerprint density at radius 1 is 1.06 bits per heavy atom. The van der Waals surface area contributed by atoms with Gasteiger partial charge in [-0.3, -0.25) is 9.59 Å². The summed E-state index contributed by atoms with van der Waals surface area (Å²) in [7, 11) is 1.12. The molecule has 1 aliphatic carbocycles. The van der Waals surface area contributed by atoms with Crippen LogP contribution in [-0.4, -0.2) is 34.0 Å². The van der Waals surface area contributed by atoms with E-state index in [2.05, 4.69) is 4.74 Å². The van der Waals surface area contributed by atoms with Crippen LogP contribution in [0.4, 0.5) is 0 Å². The van der Waals surface area contributed by atoms with Gasteiger partial charge in [-0.15, -0.1) is 0 Å². The highest BCUT2D eigenvalue weighted by molar-refractivity contribution is 6.27. The van der Waals surface area contributed by atoms with Gasteiger partial charge in [0.25, 0.3) is 0 Å². The molecule has 0 atom stereocenters. The molecule has 0 radical (unpaired) electrons. The van der Waals surface area contributed by atoms with Gasteiger partial charge in [0.1, 0.15) is 11.5 Å². The van der Waals surface area contributed by atoms with E-state index >= 15 is 0 Å².